The van der Waals surface area contributed by atoms with Crippen molar-refractivity contribution in [1.29, 1.82) is 0 Å². The van der Waals surface area contributed by atoms with Gasteiger partial charge in [0.25, 0.3) is 0 Å². The Hall–Kier alpha value is -1.15. The Bertz CT molecular complexity index is 254. The summed E-state index contributed by atoms with van der Waals surface area (Å²) >= 11 is 0. The second-order valence-electron chi connectivity index (χ2n) is 3.09. The van der Waals surface area contributed by atoms with Crippen LogP contribution in [-0.2, 0) is 0 Å². The Morgan fingerprint density at radius 2 is 2.46 bits per heavy atom. The highest BCUT2D eigenvalue weighted by Gasteiger charge is 1.93. The topological polar surface area (TPSA) is 38.9 Å². The average Bonchev–Trinajstić information content (AvgIpc) is 2.19. The standard InChI is InChI=1S/C11H16N2/c1-2-11(12)7-3-5-10-6-4-8-13-9-10/h3-6,8-9,11H,2,7,12H2,1H3/b5-3-. The van der Waals surface area contributed by atoms with Gasteiger partial charge in [-0.1, -0.05) is 25.1 Å². The van der Waals surface area contributed by atoms with Crippen LogP contribution in [-0.4, -0.2) is 11.0 Å². The smallest absolute Gasteiger partial charge is 0.0340 e. The quantitative estimate of drug-likeness (QED) is 0.764. The Balaban J connectivity index is 2.41. The Kier molecular flexibility index (Phi) is 4.19. The molecule has 1 unspecified atom stereocenters. The lowest BCUT2D eigenvalue weighted by Crippen LogP contribution is -2.16. The van der Waals surface area contributed by atoms with Crippen molar-refractivity contribution in [3.63, 3.8) is 0 Å². The van der Waals surface area contributed by atoms with Crippen molar-refractivity contribution in [1.82, 2.24) is 4.98 Å². The SMILES string of the molecule is CCC(N)C/C=C\c1cccnc1. The molecule has 0 radical (unpaired) electrons. The van der Waals surface area contributed by atoms with Crippen molar-refractivity contribution in [2.24, 2.45) is 5.73 Å². The van der Waals surface area contributed by atoms with Gasteiger partial charge in [-0.15, -0.1) is 0 Å². The van der Waals surface area contributed by atoms with Crippen molar-refractivity contribution in [2.75, 3.05) is 0 Å². The third-order valence-electron chi connectivity index (χ3n) is 1.96. The summed E-state index contributed by atoms with van der Waals surface area (Å²) in [6, 6.07) is 4.24. The molecule has 2 N–H and O–H groups in total. The highest BCUT2D eigenvalue weighted by Crippen LogP contribution is 2.01. The summed E-state index contributed by atoms with van der Waals surface area (Å²) in [6.07, 6.45) is 9.74. The van der Waals surface area contributed by atoms with E-state index in [4.69, 9.17) is 5.73 Å². The van der Waals surface area contributed by atoms with E-state index in [9.17, 15) is 0 Å². The molecule has 2 nitrogen and oxygen atoms in total. The van der Waals surface area contributed by atoms with Gasteiger partial charge in [-0.3, -0.25) is 4.98 Å². The van der Waals surface area contributed by atoms with Gasteiger partial charge in [0.15, 0.2) is 0 Å². The third kappa shape index (κ3) is 3.85. The molecule has 1 atom stereocenters. The van der Waals surface area contributed by atoms with Crippen LogP contribution in [0.4, 0.5) is 0 Å². The first-order valence-corrected chi connectivity index (χ1v) is 4.65. The molecule has 0 aliphatic heterocycles. The number of rotatable bonds is 4. The first kappa shape index (κ1) is 9.93. The first-order chi connectivity index (χ1) is 6.33. The minimum atomic E-state index is 0.285. The second-order valence-corrected chi connectivity index (χ2v) is 3.09. The van der Waals surface area contributed by atoms with E-state index in [1.807, 2.05) is 18.3 Å². The van der Waals surface area contributed by atoms with Crippen LogP contribution in [0.5, 0.6) is 0 Å². The molecule has 1 rings (SSSR count). The van der Waals surface area contributed by atoms with Gasteiger partial charge in [-0.2, -0.15) is 0 Å². The van der Waals surface area contributed by atoms with Crippen molar-refractivity contribution >= 4 is 6.08 Å². The fourth-order valence-electron chi connectivity index (χ4n) is 1.02. The highest BCUT2D eigenvalue weighted by molar-refractivity contribution is 5.47. The maximum absolute atomic E-state index is 5.77. The molecule has 2 heteroatoms. The maximum Gasteiger partial charge on any atom is 0.0340 e. The lowest BCUT2D eigenvalue weighted by molar-refractivity contribution is 0.660. The van der Waals surface area contributed by atoms with E-state index in [2.05, 4.69) is 24.1 Å². The summed E-state index contributed by atoms with van der Waals surface area (Å²) < 4.78 is 0. The predicted molar refractivity (Wildman–Crippen MR) is 56.2 cm³/mol. The molecule has 0 bridgehead atoms. The molecule has 0 amide bonds. The van der Waals surface area contributed by atoms with E-state index in [1.54, 1.807) is 6.20 Å². The van der Waals surface area contributed by atoms with E-state index in [0.717, 1.165) is 18.4 Å². The number of hydrogen-bond acceptors (Lipinski definition) is 2. The van der Waals surface area contributed by atoms with Gasteiger partial charge >= 0.3 is 0 Å². The summed E-state index contributed by atoms with van der Waals surface area (Å²) in [4.78, 5) is 4.02. The van der Waals surface area contributed by atoms with Crippen molar-refractivity contribution in [3.05, 3.63) is 36.2 Å². The minimum Gasteiger partial charge on any atom is -0.327 e. The van der Waals surface area contributed by atoms with E-state index in [0.29, 0.717) is 0 Å². The van der Waals surface area contributed by atoms with Crippen LogP contribution < -0.4 is 5.73 Å². The number of aromatic nitrogens is 1. The molecule has 1 heterocycles. The van der Waals surface area contributed by atoms with E-state index in [-0.39, 0.29) is 6.04 Å². The third-order valence-corrected chi connectivity index (χ3v) is 1.96. The van der Waals surface area contributed by atoms with Crippen LogP contribution >= 0.6 is 0 Å². The minimum absolute atomic E-state index is 0.285. The fourth-order valence-corrected chi connectivity index (χ4v) is 1.02. The average molecular weight is 176 g/mol. The molecule has 1 aromatic heterocycles. The number of hydrogen-bond donors (Lipinski definition) is 1. The Morgan fingerprint density at radius 1 is 1.62 bits per heavy atom. The van der Waals surface area contributed by atoms with Crippen LogP contribution in [0.15, 0.2) is 30.6 Å². The summed E-state index contributed by atoms with van der Waals surface area (Å²) in [5.74, 6) is 0. The van der Waals surface area contributed by atoms with Gasteiger partial charge in [0.2, 0.25) is 0 Å². The monoisotopic (exact) mass is 176 g/mol. The second kappa shape index (κ2) is 5.49. The fraction of sp³-hybridized carbons (Fsp3) is 0.364. The molecule has 0 aromatic carbocycles. The molecule has 1 aromatic rings. The number of pyridine rings is 1. The number of nitrogens with zero attached hydrogens (tertiary/aromatic N) is 1. The van der Waals surface area contributed by atoms with Gasteiger partial charge in [-0.05, 0) is 24.5 Å². The molecule has 0 spiro atoms. The summed E-state index contributed by atoms with van der Waals surface area (Å²) in [7, 11) is 0. The van der Waals surface area contributed by atoms with Crippen molar-refractivity contribution < 1.29 is 0 Å². The zero-order valence-corrected chi connectivity index (χ0v) is 7.98. The van der Waals surface area contributed by atoms with E-state index < -0.39 is 0 Å². The molecule has 0 saturated heterocycles. The Morgan fingerprint density at radius 3 is 3.08 bits per heavy atom. The summed E-state index contributed by atoms with van der Waals surface area (Å²) in [6.45, 7) is 2.10. The van der Waals surface area contributed by atoms with Crippen LogP contribution in [0.3, 0.4) is 0 Å². The van der Waals surface area contributed by atoms with Gasteiger partial charge in [0.1, 0.15) is 0 Å². The van der Waals surface area contributed by atoms with Gasteiger partial charge in [-0.25, -0.2) is 0 Å². The lowest BCUT2D eigenvalue weighted by atomic mass is 10.1. The van der Waals surface area contributed by atoms with Crippen LogP contribution in [0.25, 0.3) is 6.08 Å². The number of nitrogens with two attached hydrogens (primary N) is 1. The normalized spacial score (nSPS) is 13.4. The van der Waals surface area contributed by atoms with Crippen LogP contribution in [0, 0.1) is 0 Å². The van der Waals surface area contributed by atoms with E-state index >= 15 is 0 Å². The van der Waals surface area contributed by atoms with Gasteiger partial charge in [0, 0.05) is 18.4 Å². The van der Waals surface area contributed by atoms with Crippen LogP contribution in [0.1, 0.15) is 25.3 Å². The predicted octanol–water partition coefficient (Wildman–Crippen LogP) is 2.22. The van der Waals surface area contributed by atoms with E-state index in [1.165, 1.54) is 0 Å². The van der Waals surface area contributed by atoms with Gasteiger partial charge < -0.3 is 5.73 Å². The van der Waals surface area contributed by atoms with Crippen LogP contribution in [0.2, 0.25) is 0 Å². The highest BCUT2D eigenvalue weighted by atomic mass is 14.6. The largest absolute Gasteiger partial charge is 0.327 e. The molecule has 0 aliphatic rings. The summed E-state index contributed by atoms with van der Waals surface area (Å²) in [5, 5.41) is 0. The molecular weight excluding hydrogens is 160 g/mol. The first-order valence-electron chi connectivity index (χ1n) is 4.65. The zero-order chi connectivity index (χ0) is 9.52. The zero-order valence-electron chi connectivity index (χ0n) is 7.98. The van der Waals surface area contributed by atoms with Crippen molar-refractivity contribution in [3.8, 4) is 0 Å². The molecule has 13 heavy (non-hydrogen) atoms. The molecule has 70 valence electrons. The maximum atomic E-state index is 5.77. The van der Waals surface area contributed by atoms with Crippen molar-refractivity contribution in [2.45, 2.75) is 25.8 Å². The lowest BCUT2D eigenvalue weighted by Gasteiger charge is -2.02. The van der Waals surface area contributed by atoms with Gasteiger partial charge in [0.05, 0.1) is 0 Å². The molecular formula is C11H16N2. The molecule has 0 saturated carbocycles. The molecule has 0 fully saturated rings. The molecule has 0 aliphatic carbocycles. The Labute approximate surface area is 79.5 Å². The summed E-state index contributed by atoms with van der Waals surface area (Å²) in [5.41, 5.74) is 6.90.